The number of methoxy groups -OCH3 is 1. The predicted octanol–water partition coefficient (Wildman–Crippen LogP) is 1.21. The Morgan fingerprint density at radius 2 is 1.93 bits per heavy atom. The van der Waals surface area contributed by atoms with Gasteiger partial charge in [0.25, 0.3) is 0 Å². The molecule has 0 radical (unpaired) electrons. The van der Waals surface area contributed by atoms with Gasteiger partial charge in [0.2, 0.25) is 16.0 Å². The summed E-state index contributed by atoms with van der Waals surface area (Å²) in [7, 11) is -2.87. The Kier molecular flexibility index (Phi) is 6.19. The number of hydrogen-bond acceptors (Lipinski definition) is 8. The minimum absolute atomic E-state index is 0.00485. The summed E-state index contributed by atoms with van der Waals surface area (Å²) in [5.41, 5.74) is -1.06. The van der Waals surface area contributed by atoms with Gasteiger partial charge in [-0.3, -0.25) is 0 Å². The molecule has 1 aliphatic heterocycles. The average molecular weight is 433 g/mol. The maximum absolute atomic E-state index is 12.8. The highest BCUT2D eigenvalue weighted by atomic mass is 32.2. The smallest absolute Gasteiger partial charge is 0.416 e. The number of ether oxygens (including phenoxy) is 2. The molecule has 1 aromatic carbocycles. The molecular formula is C16H18F3N5O4S. The molecule has 0 bridgehead atoms. The van der Waals surface area contributed by atoms with Crippen LogP contribution in [0.1, 0.15) is 11.4 Å². The van der Waals surface area contributed by atoms with Gasteiger partial charge in [-0.1, -0.05) is 6.07 Å². The molecule has 1 aromatic heterocycles. The first-order valence-electron chi connectivity index (χ1n) is 8.47. The van der Waals surface area contributed by atoms with E-state index in [1.807, 2.05) is 4.90 Å². The normalized spacial score (nSPS) is 15.4. The number of anilines is 1. The minimum atomic E-state index is -4.65. The Labute approximate surface area is 164 Å². The molecule has 1 saturated heterocycles. The van der Waals surface area contributed by atoms with Crippen molar-refractivity contribution in [2.24, 2.45) is 0 Å². The summed E-state index contributed by atoms with van der Waals surface area (Å²) in [6.07, 6.45) is -4.65. The van der Waals surface area contributed by atoms with E-state index in [-0.39, 0.29) is 18.4 Å². The van der Waals surface area contributed by atoms with E-state index < -0.39 is 26.7 Å². The molecule has 13 heteroatoms. The summed E-state index contributed by atoms with van der Waals surface area (Å²) in [4.78, 5) is 13.7. The summed E-state index contributed by atoms with van der Waals surface area (Å²) in [5, 5.41) is 0. The predicted molar refractivity (Wildman–Crippen MR) is 94.9 cm³/mol. The van der Waals surface area contributed by atoms with Crippen LogP contribution in [0.4, 0.5) is 19.1 Å². The largest absolute Gasteiger partial charge is 0.467 e. The fourth-order valence-electron chi connectivity index (χ4n) is 2.54. The van der Waals surface area contributed by atoms with Crippen LogP contribution in [-0.4, -0.2) is 56.8 Å². The number of hydrogen-bond donors (Lipinski definition) is 1. The molecule has 1 N–H and O–H groups in total. The molecule has 0 amide bonds. The zero-order chi connectivity index (χ0) is 21.1. The Balaban J connectivity index is 1.79. The third-order valence-corrected chi connectivity index (χ3v) is 5.42. The van der Waals surface area contributed by atoms with Gasteiger partial charge in [-0.15, -0.1) is 0 Å². The monoisotopic (exact) mass is 433 g/mol. The van der Waals surface area contributed by atoms with Crippen molar-refractivity contribution in [1.82, 2.24) is 19.7 Å². The van der Waals surface area contributed by atoms with Crippen LogP contribution >= 0.6 is 0 Å². The van der Waals surface area contributed by atoms with Gasteiger partial charge in [0.15, 0.2) is 5.82 Å². The zero-order valence-electron chi connectivity index (χ0n) is 15.3. The van der Waals surface area contributed by atoms with Crippen LogP contribution in [0.25, 0.3) is 0 Å². The van der Waals surface area contributed by atoms with E-state index in [1.165, 1.54) is 7.11 Å². The number of nitrogens with zero attached hydrogens (tertiary/aromatic N) is 4. The maximum Gasteiger partial charge on any atom is 0.416 e. The quantitative estimate of drug-likeness (QED) is 0.725. The number of halogens is 3. The lowest BCUT2D eigenvalue weighted by atomic mass is 10.2. The first kappa shape index (κ1) is 21.2. The van der Waals surface area contributed by atoms with Crippen molar-refractivity contribution < 1.29 is 31.1 Å². The van der Waals surface area contributed by atoms with Crippen LogP contribution in [0, 0.1) is 0 Å². The molecule has 0 unspecified atom stereocenters. The van der Waals surface area contributed by atoms with Crippen LogP contribution in [0.15, 0.2) is 29.2 Å². The van der Waals surface area contributed by atoms with Gasteiger partial charge in [0.1, 0.15) is 0 Å². The van der Waals surface area contributed by atoms with E-state index in [0.717, 1.165) is 18.2 Å². The lowest BCUT2D eigenvalue weighted by Gasteiger charge is -2.26. The number of rotatable bonds is 6. The molecule has 9 nitrogen and oxygen atoms in total. The zero-order valence-corrected chi connectivity index (χ0v) is 16.1. The molecule has 0 aliphatic carbocycles. The second-order valence-electron chi connectivity index (χ2n) is 5.99. The molecule has 2 aromatic rings. The van der Waals surface area contributed by atoms with Crippen LogP contribution in [0.2, 0.25) is 0 Å². The fourth-order valence-corrected chi connectivity index (χ4v) is 3.57. The number of morpholine rings is 1. The van der Waals surface area contributed by atoms with Crippen molar-refractivity contribution in [2.45, 2.75) is 17.6 Å². The van der Waals surface area contributed by atoms with E-state index in [4.69, 9.17) is 9.47 Å². The summed E-state index contributed by atoms with van der Waals surface area (Å²) < 4.78 is 75.9. The highest BCUT2D eigenvalue weighted by molar-refractivity contribution is 7.89. The van der Waals surface area contributed by atoms with Gasteiger partial charge in [0.05, 0.1) is 37.3 Å². The first-order chi connectivity index (χ1) is 13.7. The van der Waals surface area contributed by atoms with Gasteiger partial charge < -0.3 is 14.4 Å². The first-order valence-corrected chi connectivity index (χ1v) is 9.96. The van der Waals surface area contributed by atoms with Crippen molar-refractivity contribution in [3.63, 3.8) is 0 Å². The molecule has 1 aliphatic rings. The third kappa shape index (κ3) is 5.31. The highest BCUT2D eigenvalue weighted by Gasteiger charge is 2.31. The molecule has 3 rings (SSSR count). The second-order valence-corrected chi connectivity index (χ2v) is 7.75. The van der Waals surface area contributed by atoms with Crippen molar-refractivity contribution >= 4 is 16.0 Å². The minimum Gasteiger partial charge on any atom is -0.467 e. The van der Waals surface area contributed by atoms with Crippen LogP contribution in [-0.2, 0) is 27.5 Å². The van der Waals surface area contributed by atoms with Gasteiger partial charge in [-0.25, -0.2) is 13.1 Å². The number of benzene rings is 1. The van der Waals surface area contributed by atoms with Gasteiger partial charge >= 0.3 is 12.2 Å². The molecule has 0 spiro atoms. The van der Waals surface area contributed by atoms with Gasteiger partial charge in [-0.05, 0) is 18.2 Å². The van der Waals surface area contributed by atoms with Crippen molar-refractivity contribution in [3.05, 3.63) is 35.7 Å². The van der Waals surface area contributed by atoms with E-state index >= 15 is 0 Å². The highest BCUT2D eigenvalue weighted by Crippen LogP contribution is 2.30. The van der Waals surface area contributed by atoms with Crippen molar-refractivity contribution in [1.29, 1.82) is 0 Å². The van der Waals surface area contributed by atoms with E-state index in [0.29, 0.717) is 38.3 Å². The number of nitrogens with one attached hydrogen (secondary N) is 1. The van der Waals surface area contributed by atoms with E-state index in [1.54, 1.807) is 0 Å². The van der Waals surface area contributed by atoms with Crippen molar-refractivity contribution in [3.8, 4) is 6.01 Å². The average Bonchev–Trinajstić information content (AvgIpc) is 2.72. The standard InChI is InChI=1S/C16H18F3N5O4S/c1-27-15-22-13(21-14(23-15)24-5-7-28-8-6-24)10-20-29(25,26)12-4-2-3-11(9-12)16(17,18)19/h2-4,9,20H,5-8,10H2,1H3. The van der Waals surface area contributed by atoms with E-state index in [2.05, 4.69) is 19.7 Å². The lowest BCUT2D eigenvalue weighted by molar-refractivity contribution is -0.137. The molecule has 158 valence electrons. The lowest BCUT2D eigenvalue weighted by Crippen LogP contribution is -2.37. The summed E-state index contributed by atoms with van der Waals surface area (Å²) in [6, 6.07) is 3.46. The fraction of sp³-hybridized carbons (Fsp3) is 0.438. The molecule has 2 heterocycles. The molecule has 0 saturated carbocycles. The third-order valence-electron chi connectivity index (χ3n) is 4.02. The van der Waals surface area contributed by atoms with Crippen molar-refractivity contribution in [2.75, 3.05) is 38.3 Å². The number of alkyl halides is 3. The maximum atomic E-state index is 12.8. The van der Waals surface area contributed by atoms with Gasteiger partial charge in [-0.2, -0.15) is 28.1 Å². The molecular weight excluding hydrogens is 415 g/mol. The van der Waals surface area contributed by atoms with Crippen LogP contribution in [0.3, 0.4) is 0 Å². The summed E-state index contributed by atoms with van der Waals surface area (Å²) >= 11 is 0. The van der Waals surface area contributed by atoms with E-state index in [9.17, 15) is 21.6 Å². The molecule has 1 fully saturated rings. The Morgan fingerprint density at radius 1 is 1.21 bits per heavy atom. The molecule has 0 atom stereocenters. The second kappa shape index (κ2) is 8.47. The summed E-state index contributed by atoms with van der Waals surface area (Å²) in [5.74, 6) is 0.363. The molecule has 29 heavy (non-hydrogen) atoms. The Hall–Kier alpha value is -2.51. The SMILES string of the molecule is COc1nc(CNS(=O)(=O)c2cccc(C(F)(F)F)c2)nc(N2CCOCC2)n1. The van der Waals surface area contributed by atoms with Crippen LogP contribution < -0.4 is 14.4 Å². The summed E-state index contributed by atoms with van der Waals surface area (Å²) in [6.45, 7) is 1.72. The van der Waals surface area contributed by atoms with Crippen LogP contribution in [0.5, 0.6) is 6.01 Å². The Morgan fingerprint density at radius 3 is 2.59 bits per heavy atom. The number of aromatic nitrogens is 3. The Bertz CT molecular complexity index is 965. The topological polar surface area (TPSA) is 107 Å². The number of sulfonamides is 1. The van der Waals surface area contributed by atoms with Gasteiger partial charge in [0, 0.05) is 13.1 Å².